The topological polar surface area (TPSA) is 38.8 Å². The van der Waals surface area contributed by atoms with E-state index in [1.165, 1.54) is 0 Å². The monoisotopic (exact) mass is 387 g/mol. The van der Waals surface area contributed by atoms with Gasteiger partial charge in [0.15, 0.2) is 0 Å². The number of hydrogen-bond donors (Lipinski definition) is 0. The number of alkyl halides is 3. The van der Waals surface area contributed by atoms with Crippen molar-refractivity contribution in [3.05, 3.63) is 41.2 Å². The van der Waals surface area contributed by atoms with E-state index in [1.54, 1.807) is 31.7 Å². The highest BCUT2D eigenvalue weighted by Crippen LogP contribution is 2.36. The molecule has 2 atom stereocenters. The maximum absolute atomic E-state index is 14.3. The third-order valence-corrected chi connectivity index (χ3v) is 4.45. The average molecular weight is 387 g/mol. The van der Waals surface area contributed by atoms with Crippen LogP contribution in [0.4, 0.5) is 22.4 Å². The molecule has 0 N–H and O–H groups in total. The Balaban J connectivity index is 1.89. The molecule has 0 spiro atoms. The van der Waals surface area contributed by atoms with E-state index in [9.17, 15) is 22.4 Å². The lowest BCUT2D eigenvalue weighted by atomic mass is 9.89. The highest BCUT2D eigenvalue weighted by Gasteiger charge is 2.40. The summed E-state index contributed by atoms with van der Waals surface area (Å²) < 4.78 is 63.5. The molecule has 4 nitrogen and oxygen atoms in total. The van der Waals surface area contributed by atoms with E-state index in [0.717, 1.165) is 12.1 Å². The fourth-order valence-corrected chi connectivity index (χ4v) is 3.35. The lowest BCUT2D eigenvalue weighted by Gasteiger charge is -2.44. The molecule has 1 fully saturated rings. The number of nitrogens with zero attached hydrogens (tertiary/aromatic N) is 1. The largest absolute Gasteiger partial charge is 0.444 e. The van der Waals surface area contributed by atoms with Crippen LogP contribution in [0, 0.1) is 5.82 Å². The molecule has 0 radical (unpaired) electrons. The maximum atomic E-state index is 14.3. The molecule has 0 aliphatic carbocycles. The van der Waals surface area contributed by atoms with Crippen LogP contribution in [-0.2, 0) is 15.7 Å². The van der Waals surface area contributed by atoms with Gasteiger partial charge in [-0.3, -0.25) is 4.90 Å². The second-order valence-corrected chi connectivity index (χ2v) is 7.73. The molecule has 0 saturated carbocycles. The summed E-state index contributed by atoms with van der Waals surface area (Å²) in [6.07, 6.45) is -3.13. The van der Waals surface area contributed by atoms with Crippen LogP contribution in [0.5, 0.6) is 0 Å². The molecule has 2 aliphatic heterocycles. The van der Waals surface area contributed by atoms with Gasteiger partial charge in [0.25, 0.3) is 0 Å². The molecule has 3 rings (SSSR count). The fourth-order valence-electron chi connectivity index (χ4n) is 3.35. The fraction of sp³-hybridized carbons (Fsp3) is 0.526. The molecule has 148 valence electrons. The average Bonchev–Trinajstić information content (AvgIpc) is 2.51. The van der Waals surface area contributed by atoms with Crippen molar-refractivity contribution in [2.45, 2.75) is 51.1 Å². The zero-order valence-electron chi connectivity index (χ0n) is 15.3. The Kier molecular flexibility index (Phi) is 4.96. The van der Waals surface area contributed by atoms with Crippen LogP contribution >= 0.6 is 0 Å². The zero-order chi connectivity index (χ0) is 20.0. The summed E-state index contributed by atoms with van der Waals surface area (Å²) >= 11 is 0. The molecule has 1 aromatic carbocycles. The van der Waals surface area contributed by atoms with E-state index in [2.05, 4.69) is 0 Å². The van der Waals surface area contributed by atoms with Crippen LogP contribution in [0.1, 0.15) is 38.3 Å². The molecule has 2 aliphatic rings. The normalized spacial score (nSPS) is 23.1. The minimum Gasteiger partial charge on any atom is -0.444 e. The second kappa shape index (κ2) is 6.82. The Morgan fingerprint density at radius 3 is 2.48 bits per heavy atom. The lowest BCUT2D eigenvalue weighted by molar-refractivity contribution is -0.137. The number of rotatable bonds is 1. The van der Waals surface area contributed by atoms with Crippen molar-refractivity contribution < 1.29 is 31.8 Å². The van der Waals surface area contributed by atoms with Crippen LogP contribution in [-0.4, -0.2) is 41.9 Å². The third kappa shape index (κ3) is 4.26. The molecule has 1 saturated heterocycles. The molecule has 1 aromatic rings. The minimum atomic E-state index is -4.60. The van der Waals surface area contributed by atoms with Crippen LogP contribution in [0.15, 0.2) is 24.3 Å². The quantitative estimate of drug-likeness (QED) is 0.659. The molecule has 2 bridgehead atoms. The van der Waals surface area contributed by atoms with Gasteiger partial charge in [0.1, 0.15) is 11.4 Å². The number of morpholine rings is 1. The van der Waals surface area contributed by atoms with E-state index >= 15 is 0 Å². The standard InChI is InChI=1S/C19H21F4NO3/c1-18(2,3)27-17(25)24-13-6-11(7-14(24)10-26-9-13)15-5-4-12(8-16(15)20)19(21,22)23/h4-6,8,13-14H,7,9-10H2,1-3H3. The first-order chi connectivity index (χ1) is 12.5. The van der Waals surface area contributed by atoms with Crippen LogP contribution in [0.3, 0.4) is 0 Å². The molecule has 1 amide bonds. The van der Waals surface area contributed by atoms with Crippen LogP contribution in [0.2, 0.25) is 0 Å². The second-order valence-electron chi connectivity index (χ2n) is 7.73. The molecule has 2 unspecified atom stereocenters. The van der Waals surface area contributed by atoms with Gasteiger partial charge in [0, 0.05) is 5.56 Å². The number of benzene rings is 1. The SMILES string of the molecule is CC(C)(C)OC(=O)N1C2C=C(c3ccc(C(F)(F)F)cc3F)CC1COC2. The number of ether oxygens (including phenoxy) is 2. The Morgan fingerprint density at radius 1 is 1.22 bits per heavy atom. The number of amides is 1. The highest BCUT2D eigenvalue weighted by atomic mass is 19.4. The van der Waals surface area contributed by atoms with Gasteiger partial charge in [-0.2, -0.15) is 13.2 Å². The van der Waals surface area contributed by atoms with E-state index in [1.807, 2.05) is 0 Å². The van der Waals surface area contributed by atoms with Crippen LogP contribution in [0.25, 0.3) is 5.57 Å². The lowest BCUT2D eigenvalue weighted by Crippen LogP contribution is -2.57. The van der Waals surface area contributed by atoms with Crippen molar-refractivity contribution >= 4 is 11.7 Å². The smallest absolute Gasteiger partial charge is 0.416 e. The first kappa shape index (κ1) is 19.7. The minimum absolute atomic E-state index is 0.115. The maximum Gasteiger partial charge on any atom is 0.416 e. The summed E-state index contributed by atoms with van der Waals surface area (Å²) in [4.78, 5) is 14.1. The van der Waals surface area contributed by atoms with Gasteiger partial charge in [-0.25, -0.2) is 9.18 Å². The Hall–Kier alpha value is -2.09. The van der Waals surface area contributed by atoms with E-state index in [0.29, 0.717) is 11.6 Å². The summed E-state index contributed by atoms with van der Waals surface area (Å²) in [7, 11) is 0. The molecular weight excluding hydrogens is 366 g/mol. The Bertz CT molecular complexity index is 767. The predicted octanol–water partition coefficient (Wildman–Crippen LogP) is 4.64. The van der Waals surface area contributed by atoms with Gasteiger partial charge in [0.05, 0.1) is 30.9 Å². The van der Waals surface area contributed by atoms with Crippen molar-refractivity contribution in [2.24, 2.45) is 0 Å². The van der Waals surface area contributed by atoms with E-state index < -0.39 is 35.3 Å². The number of carbonyl (C=O) groups excluding carboxylic acids is 1. The first-order valence-electron chi connectivity index (χ1n) is 8.62. The molecular formula is C19H21F4NO3. The number of carbonyl (C=O) groups is 1. The van der Waals surface area contributed by atoms with Gasteiger partial charge >= 0.3 is 12.3 Å². The molecule has 8 heteroatoms. The van der Waals surface area contributed by atoms with Gasteiger partial charge in [-0.15, -0.1) is 0 Å². The highest BCUT2D eigenvalue weighted by molar-refractivity contribution is 5.75. The third-order valence-electron chi connectivity index (χ3n) is 4.45. The Labute approximate surface area is 154 Å². The predicted molar refractivity (Wildman–Crippen MR) is 90.5 cm³/mol. The van der Waals surface area contributed by atoms with Gasteiger partial charge < -0.3 is 9.47 Å². The number of halogens is 4. The van der Waals surface area contributed by atoms with Gasteiger partial charge in [0.2, 0.25) is 0 Å². The molecule has 2 heterocycles. The zero-order valence-corrected chi connectivity index (χ0v) is 15.3. The molecule has 27 heavy (non-hydrogen) atoms. The number of hydrogen-bond acceptors (Lipinski definition) is 3. The van der Waals surface area contributed by atoms with Crippen molar-refractivity contribution in [1.82, 2.24) is 4.90 Å². The van der Waals surface area contributed by atoms with Crippen molar-refractivity contribution in [1.29, 1.82) is 0 Å². The van der Waals surface area contributed by atoms with Gasteiger partial charge in [-0.1, -0.05) is 12.1 Å². The number of fused-ring (bicyclic) bond motifs is 2. The van der Waals surface area contributed by atoms with E-state index in [-0.39, 0.29) is 31.2 Å². The summed E-state index contributed by atoms with van der Waals surface area (Å²) in [5.41, 5.74) is -1.00. The van der Waals surface area contributed by atoms with Crippen LogP contribution < -0.4 is 0 Å². The summed E-state index contributed by atoms with van der Waals surface area (Å²) in [6, 6.07) is 1.70. The summed E-state index contributed by atoms with van der Waals surface area (Å²) in [5, 5.41) is 0. The Morgan fingerprint density at radius 2 is 1.93 bits per heavy atom. The van der Waals surface area contributed by atoms with Crippen molar-refractivity contribution in [3.63, 3.8) is 0 Å². The van der Waals surface area contributed by atoms with Gasteiger partial charge in [-0.05, 0) is 44.9 Å². The first-order valence-corrected chi connectivity index (χ1v) is 8.62. The van der Waals surface area contributed by atoms with Crippen molar-refractivity contribution in [2.75, 3.05) is 13.2 Å². The van der Waals surface area contributed by atoms with E-state index in [4.69, 9.17) is 9.47 Å². The molecule has 0 aromatic heterocycles. The summed E-state index contributed by atoms with van der Waals surface area (Å²) in [6.45, 7) is 5.77. The summed E-state index contributed by atoms with van der Waals surface area (Å²) in [5.74, 6) is -0.930. The van der Waals surface area contributed by atoms with Crippen molar-refractivity contribution in [3.8, 4) is 0 Å².